The van der Waals surface area contributed by atoms with Gasteiger partial charge in [0.2, 0.25) is 58.5 Å². The maximum Gasteiger partial charge on any atom is 0.313 e. The first-order chi connectivity index (χ1) is 49.8. The number of ether oxygens (including phenoxy) is 17. The van der Waals surface area contributed by atoms with Crippen molar-refractivity contribution in [1.29, 1.82) is 0 Å². The number of aliphatic hydroxyl groups excluding tert-OH is 2. The molecule has 1 atom stereocenters. The molecule has 0 aliphatic heterocycles. The molecule has 2 heterocycles. The third-order valence-corrected chi connectivity index (χ3v) is 13.3. The number of unbranched alkanes of at least 4 members (excludes halogenated alkanes) is 1. The molecule has 0 unspecified atom stereocenters. The van der Waals surface area contributed by atoms with Crippen LogP contribution in [0, 0.1) is 29.1 Å². The summed E-state index contributed by atoms with van der Waals surface area (Å²) in [6, 6.07) is -0.905. The molecule has 0 fully saturated rings. The van der Waals surface area contributed by atoms with Gasteiger partial charge >= 0.3 is 5.97 Å². The molecule has 34 nitrogen and oxygen atoms in total. The van der Waals surface area contributed by atoms with Crippen molar-refractivity contribution in [3.05, 3.63) is 52.9 Å². The van der Waals surface area contributed by atoms with Gasteiger partial charge in [0.1, 0.15) is 17.4 Å². The monoisotopic (exact) mass is 1480 g/mol. The van der Waals surface area contributed by atoms with Crippen LogP contribution in [0.2, 0.25) is 0 Å². The van der Waals surface area contributed by atoms with E-state index in [1.54, 1.807) is 21.8 Å². The summed E-state index contributed by atoms with van der Waals surface area (Å²) in [5.41, 5.74) is 1.32. The van der Waals surface area contributed by atoms with E-state index in [2.05, 4.69) is 46.6 Å². The average Bonchev–Trinajstić information content (AvgIpc) is 0.985. The molecule has 0 aliphatic carbocycles. The van der Waals surface area contributed by atoms with Crippen LogP contribution in [0.25, 0.3) is 0 Å². The fourth-order valence-electron chi connectivity index (χ4n) is 8.14. The lowest BCUT2D eigenvalue weighted by molar-refractivity contribution is -0.136. The summed E-state index contributed by atoms with van der Waals surface area (Å²) in [6.07, 6.45) is 4.78. The molecule has 6 N–H and O–H groups in total. The van der Waals surface area contributed by atoms with Gasteiger partial charge in [-0.15, -0.1) is 10.2 Å². The summed E-state index contributed by atoms with van der Waals surface area (Å²) in [7, 11) is 0. The van der Waals surface area contributed by atoms with Gasteiger partial charge in [-0.1, -0.05) is 10.4 Å². The number of hydrogen-bond acceptors (Lipinski definition) is 28. The summed E-state index contributed by atoms with van der Waals surface area (Å²) in [5, 5.41) is 44.9. The number of esters is 1. The number of nitrogens with one attached hydrogen (secondary N) is 4. The van der Waals surface area contributed by atoms with E-state index in [0.29, 0.717) is 156 Å². The molecule has 0 saturated carbocycles. The number of hydrogen-bond donors (Lipinski definition) is 6. The molecule has 0 bridgehead atoms. The van der Waals surface area contributed by atoms with Gasteiger partial charge in [0.15, 0.2) is 0 Å². The van der Waals surface area contributed by atoms with Crippen LogP contribution in [0.3, 0.4) is 0 Å². The minimum absolute atomic E-state index is 0.00271. The highest BCUT2D eigenvalue weighted by Gasteiger charge is 2.29. The fourth-order valence-corrected chi connectivity index (χ4v) is 8.14. The largest absolute Gasteiger partial charge is 0.420 e. The summed E-state index contributed by atoms with van der Waals surface area (Å²) >= 11 is 0. The number of aromatic nitrogens is 6. The molecule has 2 aromatic heterocycles. The van der Waals surface area contributed by atoms with Gasteiger partial charge in [0.05, 0.1) is 257 Å². The quantitative estimate of drug-likeness (QED) is 0.0109. The molecule has 39 heteroatoms. The van der Waals surface area contributed by atoms with Crippen molar-refractivity contribution in [2.75, 3.05) is 231 Å². The van der Waals surface area contributed by atoms with E-state index < -0.39 is 65.1 Å². The average molecular weight is 1480 g/mol. The highest BCUT2D eigenvalue weighted by atomic mass is 19.2. The number of carbonyl (C=O) groups excluding carboxylic acids is 5. The van der Waals surface area contributed by atoms with Gasteiger partial charge in [-0.3, -0.25) is 24.0 Å². The van der Waals surface area contributed by atoms with E-state index in [1.807, 2.05) is 0 Å². The van der Waals surface area contributed by atoms with Crippen LogP contribution < -0.4 is 26.0 Å². The Labute approximate surface area is 589 Å². The zero-order valence-electron chi connectivity index (χ0n) is 57.9. The Hall–Kier alpha value is -6.22. The molecular weight excluding hydrogens is 1380 g/mol. The molecule has 4 amide bonds. The standard InChI is InChI=1S/C63H103F5N10O24/c64-57-58(65)60(67)62(61(68)59(57)66)102-56(84)8-18-88-26-32-94-36-37-95-33-27-89-19-11-71-63(85)52(4-1-2-9-69-53(81)6-16-86-24-28-90-20-12-77-46-50(73-75-77)48-100-44-42-98-40-38-96-34-30-92-22-14-79)72-55(83)5-3-10-70-54(82)7-17-87-25-29-91-21-13-78-47-51(74-76-78)49-101-45-43-99-41-39-97-35-31-93-23-15-80/h46-47,52,79-80H,1-45,48-49H2,(H,69,81)(H,70,82)(H,71,85)(H,72,83)/t52-/m1/s1. The Kier molecular flexibility index (Phi) is 54.9. The third-order valence-electron chi connectivity index (χ3n) is 13.3. The second-order valence-corrected chi connectivity index (χ2v) is 21.4. The molecule has 3 rings (SSSR count). The predicted octanol–water partition coefficient (Wildman–Crippen LogP) is 0.0753. The van der Waals surface area contributed by atoms with E-state index in [4.69, 9.17) is 86.0 Å². The minimum atomic E-state index is -2.38. The summed E-state index contributed by atoms with van der Waals surface area (Å²) in [6.45, 7) is 10.4. The Morgan fingerprint density at radius 1 is 0.373 bits per heavy atom. The van der Waals surface area contributed by atoms with E-state index in [1.165, 1.54) is 0 Å². The molecule has 0 spiro atoms. The van der Waals surface area contributed by atoms with Crippen molar-refractivity contribution in [1.82, 2.24) is 51.3 Å². The van der Waals surface area contributed by atoms with Gasteiger partial charge in [-0.25, -0.2) is 22.5 Å². The lowest BCUT2D eigenvalue weighted by Gasteiger charge is -2.19. The van der Waals surface area contributed by atoms with Gasteiger partial charge in [-0.05, 0) is 25.7 Å². The summed E-state index contributed by atoms with van der Waals surface area (Å²) < 4.78 is 162. The van der Waals surface area contributed by atoms with Gasteiger partial charge in [0.25, 0.3) is 0 Å². The van der Waals surface area contributed by atoms with Crippen LogP contribution in [-0.4, -0.2) is 307 Å². The molecule has 0 radical (unpaired) electrons. The van der Waals surface area contributed by atoms with Crippen molar-refractivity contribution < 1.29 is 137 Å². The molecule has 1 aromatic carbocycles. The zero-order chi connectivity index (χ0) is 73.6. The van der Waals surface area contributed by atoms with E-state index in [-0.39, 0.29) is 170 Å². The number of rotatable bonds is 71. The molecule has 0 aliphatic rings. The Balaban J connectivity index is 1.24. The van der Waals surface area contributed by atoms with Crippen molar-refractivity contribution in [3.63, 3.8) is 0 Å². The maximum atomic E-state index is 13.8. The third kappa shape index (κ3) is 47.2. The number of nitrogens with zero attached hydrogens (tertiary/aromatic N) is 6. The van der Waals surface area contributed by atoms with Crippen molar-refractivity contribution in [2.24, 2.45) is 0 Å². The van der Waals surface area contributed by atoms with Gasteiger partial charge in [-0.2, -0.15) is 8.78 Å². The first kappa shape index (κ1) is 90.0. The van der Waals surface area contributed by atoms with Gasteiger partial charge < -0.3 is 112 Å². The van der Waals surface area contributed by atoms with Crippen LogP contribution in [0.1, 0.15) is 62.8 Å². The fraction of sp³-hybridized carbons (Fsp3) is 0.762. The van der Waals surface area contributed by atoms with E-state index >= 15 is 0 Å². The molecule has 3 aromatic rings. The van der Waals surface area contributed by atoms with Crippen molar-refractivity contribution in [3.8, 4) is 5.75 Å². The lowest BCUT2D eigenvalue weighted by atomic mass is 10.1. The molecule has 584 valence electrons. The zero-order valence-corrected chi connectivity index (χ0v) is 57.9. The van der Waals surface area contributed by atoms with Crippen molar-refractivity contribution >= 4 is 29.6 Å². The number of aliphatic hydroxyl groups is 2. The SMILES string of the molecule is O=C(CCOCCOCCn1cc(COCCOCCOCCOCCO)nn1)NCCCC[C@@H](NC(=O)CCCNC(=O)CCOCCOCCn1cc(COCCOCCOCCOCCO)nn1)C(=O)NCCOCCOCCOCCOCCC(=O)Oc1c(F)c(F)c(F)c(F)c1F. The first-order valence-electron chi connectivity index (χ1n) is 33.9. The Morgan fingerprint density at radius 2 is 0.725 bits per heavy atom. The number of amides is 4. The number of benzene rings is 1. The van der Waals surface area contributed by atoms with Crippen LogP contribution in [0.5, 0.6) is 5.75 Å². The minimum Gasteiger partial charge on any atom is -0.420 e. The molecule has 102 heavy (non-hydrogen) atoms. The van der Waals surface area contributed by atoms with Crippen LogP contribution >= 0.6 is 0 Å². The van der Waals surface area contributed by atoms with Crippen molar-refractivity contribution in [2.45, 2.75) is 83.7 Å². The topological polar surface area (TPSA) is 392 Å². The smallest absolute Gasteiger partial charge is 0.313 e. The highest BCUT2D eigenvalue weighted by Crippen LogP contribution is 2.29. The maximum absolute atomic E-state index is 13.8. The highest BCUT2D eigenvalue weighted by molar-refractivity contribution is 5.87. The Bertz CT molecular complexity index is 2620. The number of carbonyl (C=O) groups is 5. The van der Waals surface area contributed by atoms with Crippen LogP contribution in [0.15, 0.2) is 12.4 Å². The predicted molar refractivity (Wildman–Crippen MR) is 345 cm³/mol. The summed E-state index contributed by atoms with van der Waals surface area (Å²) in [4.78, 5) is 63.3. The van der Waals surface area contributed by atoms with Crippen LogP contribution in [0.4, 0.5) is 22.0 Å². The summed E-state index contributed by atoms with van der Waals surface area (Å²) in [5.74, 6) is -15.7. The van der Waals surface area contributed by atoms with Crippen LogP contribution in [-0.2, 0) is 126 Å². The van der Waals surface area contributed by atoms with E-state index in [0.717, 1.165) is 0 Å². The normalized spacial score (nSPS) is 11.8. The van der Waals surface area contributed by atoms with E-state index in [9.17, 15) is 45.9 Å². The number of halogens is 5. The Morgan fingerprint density at radius 3 is 1.15 bits per heavy atom. The molecular formula is C63H103F5N10O24. The van der Waals surface area contributed by atoms with Gasteiger partial charge in [0, 0.05) is 38.9 Å². The second-order valence-electron chi connectivity index (χ2n) is 21.4. The second kappa shape index (κ2) is 62.2. The molecule has 0 saturated heterocycles. The lowest BCUT2D eigenvalue weighted by Crippen LogP contribution is -2.47. The first-order valence-corrected chi connectivity index (χ1v) is 33.9.